The highest BCUT2D eigenvalue weighted by Crippen LogP contribution is 2.37. The molecule has 0 N–H and O–H groups in total. The summed E-state index contributed by atoms with van der Waals surface area (Å²) in [7, 11) is 0. The van der Waals surface area contributed by atoms with E-state index in [4.69, 9.17) is 37.4 Å². The van der Waals surface area contributed by atoms with Crippen molar-refractivity contribution in [3.63, 3.8) is 0 Å². The molecule has 0 radical (unpaired) electrons. The SMILES string of the molecule is CCCN(CCC)C(=O)c1ccc(OCCCOc2c(Cl)cc(OCc3ccccc3)cc2Cl)cc1. The first-order chi connectivity index (χ1) is 17.5. The lowest BCUT2D eigenvalue weighted by atomic mass is 10.2. The van der Waals surface area contributed by atoms with Gasteiger partial charge in [0.25, 0.3) is 5.91 Å². The first kappa shape index (κ1) is 27.7. The Morgan fingerprint density at radius 1 is 0.778 bits per heavy atom. The summed E-state index contributed by atoms with van der Waals surface area (Å²) in [6, 6.07) is 20.5. The molecule has 0 aliphatic rings. The Labute approximate surface area is 223 Å². The predicted octanol–water partition coefficient (Wildman–Crippen LogP) is 7.68. The van der Waals surface area contributed by atoms with Crippen molar-refractivity contribution in [2.24, 2.45) is 0 Å². The fourth-order valence-corrected chi connectivity index (χ4v) is 4.23. The molecule has 0 fully saturated rings. The molecule has 3 aromatic rings. The van der Waals surface area contributed by atoms with Crippen molar-refractivity contribution in [3.8, 4) is 17.2 Å². The molecule has 7 heteroatoms. The largest absolute Gasteiger partial charge is 0.493 e. The Balaban J connectivity index is 1.43. The fourth-order valence-electron chi connectivity index (χ4n) is 3.65. The normalized spacial score (nSPS) is 10.7. The summed E-state index contributed by atoms with van der Waals surface area (Å²) in [5.41, 5.74) is 1.73. The summed E-state index contributed by atoms with van der Waals surface area (Å²) in [5, 5.41) is 0.791. The molecule has 0 unspecified atom stereocenters. The molecular formula is C29H33Cl2NO4. The van der Waals surface area contributed by atoms with Gasteiger partial charge in [-0.3, -0.25) is 4.79 Å². The highest BCUT2D eigenvalue weighted by atomic mass is 35.5. The van der Waals surface area contributed by atoms with E-state index in [0.717, 1.165) is 31.5 Å². The van der Waals surface area contributed by atoms with Gasteiger partial charge in [-0.15, -0.1) is 0 Å². The quantitative estimate of drug-likeness (QED) is 0.201. The molecule has 1 amide bonds. The van der Waals surface area contributed by atoms with Gasteiger partial charge in [-0.25, -0.2) is 0 Å². The zero-order valence-electron chi connectivity index (χ0n) is 20.8. The molecule has 0 atom stereocenters. The minimum absolute atomic E-state index is 0.0592. The number of nitrogens with zero attached hydrogens (tertiary/aromatic N) is 1. The van der Waals surface area contributed by atoms with Crippen LogP contribution >= 0.6 is 23.2 Å². The van der Waals surface area contributed by atoms with E-state index in [-0.39, 0.29) is 5.91 Å². The predicted molar refractivity (Wildman–Crippen MR) is 146 cm³/mol. The van der Waals surface area contributed by atoms with Gasteiger partial charge in [0.15, 0.2) is 5.75 Å². The lowest BCUT2D eigenvalue weighted by Crippen LogP contribution is -2.32. The van der Waals surface area contributed by atoms with Crippen LogP contribution in [0.25, 0.3) is 0 Å². The van der Waals surface area contributed by atoms with Crippen LogP contribution in [0.3, 0.4) is 0 Å². The van der Waals surface area contributed by atoms with Crippen molar-refractivity contribution < 1.29 is 19.0 Å². The van der Waals surface area contributed by atoms with E-state index >= 15 is 0 Å². The Bertz CT molecular complexity index is 1060. The van der Waals surface area contributed by atoms with Gasteiger partial charge >= 0.3 is 0 Å². The second-order valence-electron chi connectivity index (χ2n) is 8.36. The molecule has 36 heavy (non-hydrogen) atoms. The van der Waals surface area contributed by atoms with Gasteiger partial charge in [0.1, 0.15) is 18.1 Å². The van der Waals surface area contributed by atoms with Crippen LogP contribution in [0.4, 0.5) is 0 Å². The number of hydrogen-bond donors (Lipinski definition) is 0. The maximum Gasteiger partial charge on any atom is 0.253 e. The highest BCUT2D eigenvalue weighted by molar-refractivity contribution is 6.37. The molecule has 192 valence electrons. The molecule has 5 nitrogen and oxygen atoms in total. The van der Waals surface area contributed by atoms with Gasteiger partial charge in [0.05, 0.1) is 23.3 Å². The minimum atomic E-state index is 0.0592. The second-order valence-corrected chi connectivity index (χ2v) is 9.17. The zero-order chi connectivity index (χ0) is 25.8. The van der Waals surface area contributed by atoms with Crippen LogP contribution in [-0.4, -0.2) is 37.1 Å². The Morgan fingerprint density at radius 3 is 2.00 bits per heavy atom. The lowest BCUT2D eigenvalue weighted by Gasteiger charge is -2.21. The summed E-state index contributed by atoms with van der Waals surface area (Å²) >= 11 is 12.8. The highest BCUT2D eigenvalue weighted by Gasteiger charge is 2.14. The molecule has 3 rings (SSSR count). The Morgan fingerprint density at radius 2 is 1.39 bits per heavy atom. The van der Waals surface area contributed by atoms with Crippen LogP contribution in [0.15, 0.2) is 66.7 Å². The molecule has 0 saturated heterocycles. The third-order valence-electron chi connectivity index (χ3n) is 5.40. The molecule has 0 saturated carbocycles. The third kappa shape index (κ3) is 8.35. The second kappa shape index (κ2) is 14.6. The molecule has 0 aromatic heterocycles. The van der Waals surface area contributed by atoms with Gasteiger partial charge in [-0.2, -0.15) is 0 Å². The number of benzene rings is 3. The third-order valence-corrected chi connectivity index (χ3v) is 5.96. The average molecular weight is 530 g/mol. The minimum Gasteiger partial charge on any atom is -0.493 e. The smallest absolute Gasteiger partial charge is 0.253 e. The first-order valence-electron chi connectivity index (χ1n) is 12.3. The maximum atomic E-state index is 12.7. The lowest BCUT2D eigenvalue weighted by molar-refractivity contribution is 0.0755. The van der Waals surface area contributed by atoms with Gasteiger partial charge in [-0.1, -0.05) is 67.4 Å². The van der Waals surface area contributed by atoms with Crippen molar-refractivity contribution in [1.82, 2.24) is 4.90 Å². The number of halogens is 2. The van der Waals surface area contributed by atoms with E-state index in [1.807, 2.05) is 59.5 Å². The number of carbonyl (C=O) groups is 1. The maximum absolute atomic E-state index is 12.7. The average Bonchev–Trinajstić information content (AvgIpc) is 2.89. The Kier molecular flexibility index (Phi) is 11.2. The first-order valence-corrected chi connectivity index (χ1v) is 13.1. The monoisotopic (exact) mass is 529 g/mol. The molecule has 0 aliphatic carbocycles. The number of carbonyl (C=O) groups excluding carboxylic acids is 1. The van der Waals surface area contributed by atoms with E-state index in [1.54, 1.807) is 12.1 Å². The van der Waals surface area contributed by atoms with Crippen molar-refractivity contribution >= 4 is 29.1 Å². The molecule has 0 bridgehead atoms. The summed E-state index contributed by atoms with van der Waals surface area (Å²) in [6.07, 6.45) is 2.52. The molecule has 3 aromatic carbocycles. The van der Waals surface area contributed by atoms with Crippen molar-refractivity contribution in [2.45, 2.75) is 39.7 Å². The molecular weight excluding hydrogens is 497 g/mol. The van der Waals surface area contributed by atoms with E-state index in [2.05, 4.69) is 13.8 Å². The topological polar surface area (TPSA) is 48.0 Å². The van der Waals surface area contributed by atoms with Crippen molar-refractivity contribution in [2.75, 3.05) is 26.3 Å². The van der Waals surface area contributed by atoms with Gasteiger partial charge in [0, 0.05) is 37.2 Å². The van der Waals surface area contributed by atoms with Crippen molar-refractivity contribution in [1.29, 1.82) is 0 Å². The van der Waals surface area contributed by atoms with Crippen LogP contribution in [0, 0.1) is 0 Å². The van der Waals surface area contributed by atoms with E-state index < -0.39 is 0 Å². The number of hydrogen-bond acceptors (Lipinski definition) is 4. The molecule has 0 spiro atoms. The van der Waals surface area contributed by atoms with Crippen molar-refractivity contribution in [3.05, 3.63) is 87.9 Å². The number of rotatable bonds is 14. The summed E-state index contributed by atoms with van der Waals surface area (Å²) in [6.45, 7) is 6.97. The van der Waals surface area contributed by atoms with Crippen LogP contribution in [-0.2, 0) is 6.61 Å². The van der Waals surface area contributed by atoms with E-state index in [9.17, 15) is 4.79 Å². The zero-order valence-corrected chi connectivity index (χ0v) is 22.4. The number of ether oxygens (including phenoxy) is 3. The van der Waals surface area contributed by atoms with Crippen LogP contribution in [0.2, 0.25) is 10.0 Å². The van der Waals surface area contributed by atoms with E-state index in [1.165, 1.54) is 0 Å². The molecule has 0 aliphatic heterocycles. The van der Waals surface area contributed by atoms with Crippen LogP contribution in [0.1, 0.15) is 49.0 Å². The summed E-state index contributed by atoms with van der Waals surface area (Å²) < 4.78 is 17.4. The van der Waals surface area contributed by atoms with Gasteiger partial charge in [0.2, 0.25) is 0 Å². The Hall–Kier alpha value is -2.89. The van der Waals surface area contributed by atoms with E-state index in [0.29, 0.717) is 59.1 Å². The fraction of sp³-hybridized carbons (Fsp3) is 0.345. The molecule has 0 heterocycles. The van der Waals surface area contributed by atoms with Gasteiger partial charge in [-0.05, 0) is 42.7 Å². The van der Waals surface area contributed by atoms with Crippen LogP contribution < -0.4 is 14.2 Å². The van der Waals surface area contributed by atoms with Gasteiger partial charge < -0.3 is 19.1 Å². The number of amides is 1. The summed E-state index contributed by atoms with van der Waals surface area (Å²) in [5.74, 6) is 1.78. The standard InChI is InChI=1S/C29H33Cl2NO4/c1-3-15-32(16-4-2)29(33)23-11-13-24(14-12-23)34-17-8-18-35-28-26(30)19-25(20-27(28)31)36-21-22-9-6-5-7-10-22/h5-7,9-14,19-20H,3-4,8,15-18,21H2,1-2H3. The summed E-state index contributed by atoms with van der Waals surface area (Å²) in [4.78, 5) is 14.6. The van der Waals surface area contributed by atoms with Crippen LogP contribution in [0.5, 0.6) is 17.2 Å².